The van der Waals surface area contributed by atoms with Gasteiger partial charge in [-0.05, 0) is 6.07 Å². The number of aromatic nitrogens is 3. The Morgan fingerprint density at radius 3 is 3.06 bits per heavy atom. The van der Waals surface area contributed by atoms with Gasteiger partial charge in [-0.15, -0.1) is 0 Å². The van der Waals surface area contributed by atoms with Crippen LogP contribution >= 0.6 is 0 Å². The summed E-state index contributed by atoms with van der Waals surface area (Å²) in [6, 6.07) is 6.62. The van der Waals surface area contributed by atoms with Gasteiger partial charge in [-0.2, -0.15) is 15.0 Å². The maximum atomic E-state index is 9.70. The molecule has 2 heterocycles. The van der Waals surface area contributed by atoms with Crippen molar-refractivity contribution in [2.75, 3.05) is 7.11 Å². The van der Waals surface area contributed by atoms with E-state index in [9.17, 15) is 5.11 Å². The number of nitriles is 1. The second-order valence-electron chi connectivity index (χ2n) is 3.35. The standard InChI is InChI=1S/C11H10N4O2/c1-17-7-9-5-11(16)15(14-9)10-4-8(6-12)2-3-13-10/h2-5,16H,7H2,1H3. The average molecular weight is 230 g/mol. The SMILES string of the molecule is COCc1cc(O)n(-c2cc(C#N)ccn2)n1. The first-order chi connectivity index (χ1) is 8.24. The summed E-state index contributed by atoms with van der Waals surface area (Å²) in [5, 5.41) is 22.6. The minimum atomic E-state index is -0.0420. The molecule has 2 aromatic rings. The van der Waals surface area contributed by atoms with Gasteiger partial charge in [0.2, 0.25) is 5.88 Å². The molecule has 6 nitrogen and oxygen atoms in total. The lowest BCUT2D eigenvalue weighted by molar-refractivity contribution is 0.181. The van der Waals surface area contributed by atoms with E-state index in [1.807, 2.05) is 6.07 Å². The summed E-state index contributed by atoms with van der Waals surface area (Å²) in [5.41, 5.74) is 1.05. The van der Waals surface area contributed by atoms with E-state index >= 15 is 0 Å². The molecule has 2 rings (SSSR count). The summed E-state index contributed by atoms with van der Waals surface area (Å²) < 4.78 is 6.18. The van der Waals surface area contributed by atoms with Gasteiger partial charge < -0.3 is 9.84 Å². The zero-order chi connectivity index (χ0) is 12.3. The largest absolute Gasteiger partial charge is 0.493 e. The Morgan fingerprint density at radius 2 is 2.35 bits per heavy atom. The van der Waals surface area contributed by atoms with E-state index in [4.69, 9.17) is 10.00 Å². The molecular weight excluding hydrogens is 220 g/mol. The van der Waals surface area contributed by atoms with E-state index in [0.29, 0.717) is 23.7 Å². The Kier molecular flexibility index (Phi) is 3.03. The van der Waals surface area contributed by atoms with Crippen molar-refractivity contribution in [2.45, 2.75) is 6.61 Å². The number of rotatable bonds is 3. The average Bonchev–Trinajstić information content (AvgIpc) is 2.71. The van der Waals surface area contributed by atoms with Crippen LogP contribution in [0.2, 0.25) is 0 Å². The predicted molar refractivity (Wildman–Crippen MR) is 58.5 cm³/mol. The van der Waals surface area contributed by atoms with Gasteiger partial charge in [-0.1, -0.05) is 0 Å². The van der Waals surface area contributed by atoms with E-state index in [1.54, 1.807) is 19.2 Å². The van der Waals surface area contributed by atoms with Crippen LogP contribution in [-0.4, -0.2) is 27.0 Å². The third-order valence-electron chi connectivity index (χ3n) is 2.12. The maximum absolute atomic E-state index is 9.70. The summed E-state index contributed by atoms with van der Waals surface area (Å²) >= 11 is 0. The van der Waals surface area contributed by atoms with E-state index in [-0.39, 0.29) is 5.88 Å². The summed E-state index contributed by atoms with van der Waals surface area (Å²) in [7, 11) is 1.55. The first-order valence-corrected chi connectivity index (χ1v) is 4.88. The predicted octanol–water partition coefficient (Wildman–Crippen LogP) is 0.991. The van der Waals surface area contributed by atoms with Gasteiger partial charge in [-0.25, -0.2) is 4.98 Å². The first kappa shape index (κ1) is 11.1. The number of ether oxygens (including phenoxy) is 1. The molecule has 0 saturated heterocycles. The highest BCUT2D eigenvalue weighted by molar-refractivity contribution is 5.37. The molecule has 1 N–H and O–H groups in total. The van der Waals surface area contributed by atoms with Crippen molar-refractivity contribution >= 4 is 0 Å². The molecule has 0 bridgehead atoms. The molecule has 0 spiro atoms. The zero-order valence-electron chi connectivity index (χ0n) is 9.16. The molecule has 0 aliphatic carbocycles. The molecule has 0 atom stereocenters. The van der Waals surface area contributed by atoms with Crippen molar-refractivity contribution in [3.63, 3.8) is 0 Å². The monoisotopic (exact) mass is 230 g/mol. The zero-order valence-corrected chi connectivity index (χ0v) is 9.16. The lowest BCUT2D eigenvalue weighted by atomic mass is 10.3. The lowest BCUT2D eigenvalue weighted by Gasteiger charge is -2.01. The highest BCUT2D eigenvalue weighted by atomic mass is 16.5. The molecule has 6 heteroatoms. The Hall–Kier alpha value is -2.39. The second-order valence-corrected chi connectivity index (χ2v) is 3.35. The quantitative estimate of drug-likeness (QED) is 0.850. The molecular formula is C11H10N4O2. The first-order valence-electron chi connectivity index (χ1n) is 4.88. The van der Waals surface area contributed by atoms with Gasteiger partial charge in [0, 0.05) is 25.4 Å². The van der Waals surface area contributed by atoms with Crippen molar-refractivity contribution in [1.82, 2.24) is 14.8 Å². The van der Waals surface area contributed by atoms with E-state index in [1.165, 1.54) is 16.9 Å². The van der Waals surface area contributed by atoms with Crippen molar-refractivity contribution in [1.29, 1.82) is 5.26 Å². The number of pyridine rings is 1. The fraction of sp³-hybridized carbons (Fsp3) is 0.182. The van der Waals surface area contributed by atoms with Crippen LogP contribution < -0.4 is 0 Å². The molecule has 0 aliphatic rings. The van der Waals surface area contributed by atoms with Crippen LogP contribution in [0.4, 0.5) is 0 Å². The van der Waals surface area contributed by atoms with Gasteiger partial charge in [0.05, 0.1) is 23.9 Å². The lowest BCUT2D eigenvalue weighted by Crippen LogP contribution is -2.00. The Morgan fingerprint density at radius 1 is 1.53 bits per heavy atom. The molecule has 17 heavy (non-hydrogen) atoms. The topological polar surface area (TPSA) is 84.0 Å². The summed E-state index contributed by atoms with van der Waals surface area (Å²) in [4.78, 5) is 4.04. The maximum Gasteiger partial charge on any atom is 0.215 e. The van der Waals surface area contributed by atoms with E-state index in [2.05, 4.69) is 10.1 Å². The van der Waals surface area contributed by atoms with Gasteiger partial charge in [0.15, 0.2) is 5.82 Å². The number of hydrogen-bond acceptors (Lipinski definition) is 5. The fourth-order valence-corrected chi connectivity index (χ4v) is 1.41. The third kappa shape index (κ3) is 2.24. The van der Waals surface area contributed by atoms with Crippen molar-refractivity contribution in [3.8, 4) is 17.8 Å². The molecule has 0 fully saturated rings. The number of methoxy groups -OCH3 is 1. The minimum absolute atomic E-state index is 0.0420. The van der Waals surface area contributed by atoms with Crippen LogP contribution in [0.1, 0.15) is 11.3 Å². The minimum Gasteiger partial charge on any atom is -0.493 e. The normalized spacial score (nSPS) is 10.1. The van der Waals surface area contributed by atoms with Crippen LogP contribution in [0.5, 0.6) is 5.88 Å². The highest BCUT2D eigenvalue weighted by Gasteiger charge is 2.09. The van der Waals surface area contributed by atoms with Crippen LogP contribution in [0, 0.1) is 11.3 Å². The third-order valence-corrected chi connectivity index (χ3v) is 2.12. The van der Waals surface area contributed by atoms with Gasteiger partial charge in [0.25, 0.3) is 0 Å². The summed E-state index contributed by atoms with van der Waals surface area (Å²) in [5.74, 6) is 0.351. The Bertz CT molecular complexity index is 571. The molecule has 0 aromatic carbocycles. The number of nitrogens with zero attached hydrogens (tertiary/aromatic N) is 4. The van der Waals surface area contributed by atoms with Crippen LogP contribution in [0.25, 0.3) is 5.82 Å². The number of aromatic hydroxyl groups is 1. The van der Waals surface area contributed by atoms with Crippen LogP contribution in [0.15, 0.2) is 24.4 Å². The van der Waals surface area contributed by atoms with Crippen LogP contribution in [0.3, 0.4) is 0 Å². The Labute approximate surface area is 97.7 Å². The second kappa shape index (κ2) is 4.63. The van der Waals surface area contributed by atoms with E-state index in [0.717, 1.165) is 0 Å². The molecule has 86 valence electrons. The molecule has 0 radical (unpaired) electrons. The summed E-state index contributed by atoms with van der Waals surface area (Å²) in [6.45, 7) is 0.304. The smallest absolute Gasteiger partial charge is 0.215 e. The molecule has 2 aromatic heterocycles. The van der Waals surface area contributed by atoms with Crippen molar-refractivity contribution < 1.29 is 9.84 Å². The molecule has 0 saturated carbocycles. The van der Waals surface area contributed by atoms with Gasteiger partial charge >= 0.3 is 0 Å². The van der Waals surface area contributed by atoms with Crippen molar-refractivity contribution in [3.05, 3.63) is 35.7 Å². The van der Waals surface area contributed by atoms with Crippen LogP contribution in [-0.2, 0) is 11.3 Å². The van der Waals surface area contributed by atoms with Gasteiger partial charge in [0.1, 0.15) is 0 Å². The summed E-state index contributed by atoms with van der Waals surface area (Å²) in [6.07, 6.45) is 1.49. The number of hydrogen-bond donors (Lipinski definition) is 1. The Balaban J connectivity index is 2.42. The molecule has 0 unspecified atom stereocenters. The van der Waals surface area contributed by atoms with Crippen molar-refractivity contribution in [2.24, 2.45) is 0 Å². The van der Waals surface area contributed by atoms with E-state index < -0.39 is 0 Å². The highest BCUT2D eigenvalue weighted by Crippen LogP contribution is 2.17. The molecule has 0 aliphatic heterocycles. The molecule has 0 amide bonds. The van der Waals surface area contributed by atoms with Gasteiger partial charge in [-0.3, -0.25) is 0 Å². The fourth-order valence-electron chi connectivity index (χ4n) is 1.41.